The predicted molar refractivity (Wildman–Crippen MR) is 74.1 cm³/mol. The minimum Gasteiger partial charge on any atom is -0.393 e. The number of hydrogen-bond donors (Lipinski definition) is 1. The number of benzene rings is 1. The van der Waals surface area contributed by atoms with Crippen molar-refractivity contribution in [2.24, 2.45) is 0 Å². The normalized spacial score (nSPS) is 10.6. The molecular weight excluding hydrogens is 280 g/mol. The molecule has 0 unspecified atom stereocenters. The van der Waals surface area contributed by atoms with Crippen LogP contribution in [-0.2, 0) is 0 Å². The highest BCUT2D eigenvalue weighted by Gasteiger charge is 2.16. The molecule has 0 aliphatic rings. The largest absolute Gasteiger partial charge is 0.393 e. The first-order chi connectivity index (χ1) is 9.65. The second kappa shape index (κ2) is 4.74. The van der Waals surface area contributed by atoms with Crippen molar-refractivity contribution in [2.45, 2.75) is 0 Å². The Morgan fingerprint density at radius 2 is 2.15 bits per heavy atom. The van der Waals surface area contributed by atoms with E-state index >= 15 is 0 Å². The quantitative estimate of drug-likeness (QED) is 0.451. The number of thiophene rings is 1. The third-order valence-electron chi connectivity index (χ3n) is 2.68. The highest BCUT2D eigenvalue weighted by atomic mass is 32.1. The zero-order valence-corrected chi connectivity index (χ0v) is 10.8. The zero-order chi connectivity index (χ0) is 14.1. The lowest BCUT2D eigenvalue weighted by atomic mass is 10.2. The van der Waals surface area contributed by atoms with Crippen LogP contribution in [0.1, 0.15) is 0 Å². The van der Waals surface area contributed by atoms with Gasteiger partial charge in [0.2, 0.25) is 5.82 Å². The fraction of sp³-hybridized carbons (Fsp3) is 0. The Balaban J connectivity index is 2.02. The molecule has 0 saturated heterocycles. The Bertz CT molecular complexity index is 767. The Hall–Kier alpha value is -2.74. The van der Waals surface area contributed by atoms with Gasteiger partial charge < -0.3 is 10.3 Å². The maximum atomic E-state index is 10.9. The summed E-state index contributed by atoms with van der Waals surface area (Å²) in [6, 6.07) is 6.24. The monoisotopic (exact) mass is 288 g/mol. The molecule has 7 nitrogen and oxygen atoms in total. The number of nitrogens with two attached hydrogens (primary N) is 1. The summed E-state index contributed by atoms with van der Waals surface area (Å²) < 4.78 is 5.13. The summed E-state index contributed by atoms with van der Waals surface area (Å²) in [6.45, 7) is 0. The number of rotatable bonds is 3. The van der Waals surface area contributed by atoms with Crippen molar-refractivity contribution in [3.63, 3.8) is 0 Å². The minimum absolute atomic E-state index is 0.0938. The third-order valence-corrected chi connectivity index (χ3v) is 3.36. The molecule has 0 aliphatic carbocycles. The summed E-state index contributed by atoms with van der Waals surface area (Å²) in [7, 11) is 0. The molecule has 0 bridgehead atoms. The van der Waals surface area contributed by atoms with Crippen LogP contribution < -0.4 is 5.73 Å². The van der Waals surface area contributed by atoms with Crippen LogP contribution in [0.5, 0.6) is 0 Å². The topological polar surface area (TPSA) is 108 Å². The summed E-state index contributed by atoms with van der Waals surface area (Å²) in [4.78, 5) is 14.5. The van der Waals surface area contributed by atoms with Crippen molar-refractivity contribution in [3.05, 3.63) is 45.1 Å². The van der Waals surface area contributed by atoms with Crippen molar-refractivity contribution in [1.29, 1.82) is 0 Å². The zero-order valence-electron chi connectivity index (χ0n) is 10.0. The van der Waals surface area contributed by atoms with E-state index in [2.05, 4.69) is 10.1 Å². The summed E-state index contributed by atoms with van der Waals surface area (Å²) in [6.07, 6.45) is 0. The molecule has 20 heavy (non-hydrogen) atoms. The maximum absolute atomic E-state index is 10.9. The third kappa shape index (κ3) is 2.12. The van der Waals surface area contributed by atoms with Gasteiger partial charge in [0.1, 0.15) is 5.69 Å². The first-order valence-corrected chi connectivity index (χ1v) is 6.50. The van der Waals surface area contributed by atoms with Crippen LogP contribution in [0.25, 0.3) is 22.8 Å². The fourth-order valence-electron chi connectivity index (χ4n) is 1.68. The number of aromatic nitrogens is 2. The van der Waals surface area contributed by atoms with Gasteiger partial charge in [-0.3, -0.25) is 10.1 Å². The van der Waals surface area contributed by atoms with Crippen LogP contribution in [0.15, 0.2) is 39.5 Å². The number of nitrogens with zero attached hydrogens (tertiary/aromatic N) is 3. The molecule has 0 atom stereocenters. The summed E-state index contributed by atoms with van der Waals surface area (Å²) in [5, 5.41) is 18.5. The average molecular weight is 288 g/mol. The van der Waals surface area contributed by atoms with Gasteiger partial charge in [0.25, 0.3) is 11.6 Å². The molecule has 0 radical (unpaired) electrons. The first-order valence-electron chi connectivity index (χ1n) is 5.56. The van der Waals surface area contributed by atoms with E-state index in [-0.39, 0.29) is 17.3 Å². The van der Waals surface area contributed by atoms with E-state index in [1.807, 2.05) is 16.8 Å². The number of nitrogen functional groups attached to an aromatic ring is 1. The van der Waals surface area contributed by atoms with E-state index in [1.165, 1.54) is 23.5 Å². The predicted octanol–water partition coefficient (Wildman–Crippen LogP) is 2.96. The van der Waals surface area contributed by atoms with Crippen LogP contribution in [0, 0.1) is 10.1 Å². The van der Waals surface area contributed by atoms with Crippen LogP contribution in [0.3, 0.4) is 0 Å². The second-order valence-corrected chi connectivity index (χ2v) is 4.75. The molecule has 2 N–H and O–H groups in total. The molecule has 3 aromatic rings. The van der Waals surface area contributed by atoms with Gasteiger partial charge in [-0.15, -0.1) is 0 Å². The smallest absolute Gasteiger partial charge is 0.292 e. The maximum Gasteiger partial charge on any atom is 0.292 e. The van der Waals surface area contributed by atoms with Gasteiger partial charge in [0.15, 0.2) is 0 Å². The lowest BCUT2D eigenvalue weighted by molar-refractivity contribution is -0.383. The molecule has 3 rings (SSSR count). The molecule has 0 fully saturated rings. The second-order valence-electron chi connectivity index (χ2n) is 3.97. The van der Waals surface area contributed by atoms with E-state index < -0.39 is 4.92 Å². The van der Waals surface area contributed by atoms with Crippen LogP contribution in [0.4, 0.5) is 11.4 Å². The Morgan fingerprint density at radius 3 is 2.85 bits per heavy atom. The van der Waals surface area contributed by atoms with Crippen molar-refractivity contribution in [3.8, 4) is 22.8 Å². The summed E-state index contributed by atoms with van der Waals surface area (Å²) in [5.74, 6) is 0.662. The molecule has 0 spiro atoms. The van der Waals surface area contributed by atoms with Gasteiger partial charge in [-0.1, -0.05) is 5.16 Å². The number of hydrogen-bond acceptors (Lipinski definition) is 7. The first kappa shape index (κ1) is 12.3. The fourth-order valence-corrected chi connectivity index (χ4v) is 2.32. The van der Waals surface area contributed by atoms with E-state index in [9.17, 15) is 10.1 Å². The van der Waals surface area contributed by atoms with Crippen molar-refractivity contribution >= 4 is 22.7 Å². The van der Waals surface area contributed by atoms with Crippen LogP contribution in [-0.4, -0.2) is 15.1 Å². The van der Waals surface area contributed by atoms with E-state index in [1.54, 1.807) is 6.07 Å². The van der Waals surface area contributed by atoms with Crippen molar-refractivity contribution in [1.82, 2.24) is 10.1 Å². The molecule has 1 aromatic carbocycles. The molecule has 0 saturated carbocycles. The summed E-state index contributed by atoms with van der Waals surface area (Å²) >= 11 is 1.52. The van der Waals surface area contributed by atoms with Gasteiger partial charge in [-0.2, -0.15) is 16.3 Å². The van der Waals surface area contributed by atoms with Crippen molar-refractivity contribution < 1.29 is 9.45 Å². The molecule has 0 aliphatic heterocycles. The Kier molecular flexibility index (Phi) is 2.92. The van der Waals surface area contributed by atoms with Gasteiger partial charge in [0.05, 0.1) is 4.92 Å². The lowest BCUT2D eigenvalue weighted by Gasteiger charge is -1.98. The molecular formula is C12H8N4O3S. The van der Waals surface area contributed by atoms with Gasteiger partial charge >= 0.3 is 0 Å². The van der Waals surface area contributed by atoms with E-state index in [0.717, 1.165) is 5.56 Å². The molecule has 8 heteroatoms. The van der Waals surface area contributed by atoms with Crippen LogP contribution in [0.2, 0.25) is 0 Å². The van der Waals surface area contributed by atoms with E-state index in [4.69, 9.17) is 10.3 Å². The van der Waals surface area contributed by atoms with Crippen molar-refractivity contribution in [2.75, 3.05) is 5.73 Å². The summed E-state index contributed by atoms with van der Waals surface area (Å²) in [5.41, 5.74) is 6.76. The average Bonchev–Trinajstić information content (AvgIpc) is 3.09. The number of nitro groups is 1. The minimum atomic E-state index is -0.547. The van der Waals surface area contributed by atoms with E-state index in [0.29, 0.717) is 11.4 Å². The van der Waals surface area contributed by atoms with Gasteiger partial charge in [0, 0.05) is 22.6 Å². The van der Waals surface area contributed by atoms with Gasteiger partial charge in [-0.25, -0.2) is 0 Å². The molecule has 0 amide bonds. The molecule has 2 heterocycles. The molecule has 100 valence electrons. The van der Waals surface area contributed by atoms with Crippen LogP contribution >= 0.6 is 11.3 Å². The SMILES string of the molecule is Nc1ccc(-c2nc(-c3ccsc3)no2)cc1[N+](=O)[O-]. The number of nitro benzene ring substituents is 1. The standard InChI is InChI=1S/C12H8N4O3S/c13-9-2-1-7(5-10(9)16(17)18)12-14-11(15-19-12)8-3-4-20-6-8/h1-6H,13H2. The van der Waals surface area contributed by atoms with Gasteiger partial charge in [-0.05, 0) is 23.6 Å². The Labute approximate surface area is 116 Å². The highest BCUT2D eigenvalue weighted by Crippen LogP contribution is 2.29. The molecule has 2 aromatic heterocycles. The Morgan fingerprint density at radius 1 is 1.30 bits per heavy atom. The lowest BCUT2D eigenvalue weighted by Crippen LogP contribution is -1.95. The number of anilines is 1. The highest BCUT2D eigenvalue weighted by molar-refractivity contribution is 7.08.